The molecule has 4 saturated carbocycles. The van der Waals surface area contributed by atoms with Crippen LogP contribution in [0, 0.1) is 23.2 Å². The molecule has 1 aliphatic heterocycles. The summed E-state index contributed by atoms with van der Waals surface area (Å²) in [5, 5.41) is 3.44. The normalized spacial score (nSPS) is 33.4. The number of piperazine rings is 1. The Balaban J connectivity index is 1.12. The summed E-state index contributed by atoms with van der Waals surface area (Å²) in [6.45, 7) is 9.21. The zero-order chi connectivity index (χ0) is 21.4. The van der Waals surface area contributed by atoms with Gasteiger partial charge in [-0.05, 0) is 87.7 Å². The van der Waals surface area contributed by atoms with Crippen LogP contribution in [0.5, 0.6) is 5.75 Å². The first kappa shape index (κ1) is 21.1. The molecule has 1 saturated heterocycles. The van der Waals surface area contributed by atoms with E-state index >= 15 is 0 Å². The van der Waals surface area contributed by atoms with Crippen molar-refractivity contribution < 1.29 is 9.53 Å². The van der Waals surface area contributed by atoms with Crippen LogP contribution in [-0.4, -0.2) is 56.2 Å². The molecular weight excluding hydrogens is 386 g/mol. The number of amides is 1. The highest BCUT2D eigenvalue weighted by atomic mass is 16.5. The second-order valence-electron chi connectivity index (χ2n) is 10.7. The van der Waals surface area contributed by atoms with Crippen molar-refractivity contribution in [3.8, 4) is 5.75 Å². The van der Waals surface area contributed by atoms with Crippen molar-refractivity contribution in [3.05, 3.63) is 24.3 Å². The standard InChI is InChI=1S/C26H39N3O2/c1-3-31-24-7-5-4-6-23(24)29-10-8-28(9-11-29)18-25(30)27-19(2)26-15-20-12-21(16-26)14-22(13-20)17-26/h4-7,19-22H,3,8-18H2,1-2H3,(H,27,30)/t19-,20?,21?,22?,26?/m0/s1. The lowest BCUT2D eigenvalue weighted by molar-refractivity contribution is -0.127. The quantitative estimate of drug-likeness (QED) is 0.719. The Hall–Kier alpha value is -1.75. The predicted molar refractivity (Wildman–Crippen MR) is 124 cm³/mol. The van der Waals surface area contributed by atoms with E-state index in [9.17, 15) is 4.79 Å². The Morgan fingerprint density at radius 1 is 1.06 bits per heavy atom. The zero-order valence-corrected chi connectivity index (χ0v) is 19.3. The highest BCUT2D eigenvalue weighted by molar-refractivity contribution is 5.78. The number of rotatable bonds is 7. The number of carbonyl (C=O) groups is 1. The fourth-order valence-corrected chi connectivity index (χ4v) is 7.49. The molecule has 1 N–H and O–H groups in total. The van der Waals surface area contributed by atoms with Crippen molar-refractivity contribution in [2.45, 2.75) is 58.4 Å². The largest absolute Gasteiger partial charge is 0.492 e. The Kier molecular flexibility index (Phi) is 5.89. The molecule has 4 bridgehead atoms. The molecule has 1 atom stereocenters. The van der Waals surface area contributed by atoms with Gasteiger partial charge in [0.05, 0.1) is 18.8 Å². The third kappa shape index (κ3) is 4.30. The SMILES string of the molecule is CCOc1ccccc1N1CCN(CC(=O)N[C@@H](C)C23CC4CC(CC(C4)C2)C3)CC1. The van der Waals surface area contributed by atoms with Crippen LogP contribution in [0.1, 0.15) is 52.4 Å². The van der Waals surface area contributed by atoms with Crippen molar-refractivity contribution in [2.75, 3.05) is 44.2 Å². The number of hydrogen-bond donors (Lipinski definition) is 1. The van der Waals surface area contributed by atoms with Crippen molar-refractivity contribution >= 4 is 11.6 Å². The maximum Gasteiger partial charge on any atom is 0.234 e. The van der Waals surface area contributed by atoms with Gasteiger partial charge in [-0.25, -0.2) is 0 Å². The second kappa shape index (κ2) is 8.65. The van der Waals surface area contributed by atoms with Gasteiger partial charge < -0.3 is 15.0 Å². The molecule has 0 unspecified atom stereocenters. The van der Waals surface area contributed by atoms with E-state index in [4.69, 9.17) is 4.74 Å². The third-order valence-electron chi connectivity index (χ3n) is 8.63. The Bertz CT molecular complexity index is 751. The molecule has 1 aromatic carbocycles. The Labute approximate surface area is 187 Å². The van der Waals surface area contributed by atoms with Crippen molar-refractivity contribution in [1.82, 2.24) is 10.2 Å². The van der Waals surface area contributed by atoms with Gasteiger partial charge in [-0.3, -0.25) is 9.69 Å². The fourth-order valence-electron chi connectivity index (χ4n) is 7.49. The molecule has 5 nitrogen and oxygen atoms in total. The van der Waals surface area contributed by atoms with Crippen molar-refractivity contribution in [3.63, 3.8) is 0 Å². The summed E-state index contributed by atoms with van der Waals surface area (Å²) in [5.41, 5.74) is 1.55. The third-order valence-corrected chi connectivity index (χ3v) is 8.63. The first-order valence-corrected chi connectivity index (χ1v) is 12.5. The highest BCUT2D eigenvalue weighted by Crippen LogP contribution is 2.61. The number of benzene rings is 1. The molecule has 170 valence electrons. The molecule has 1 amide bonds. The highest BCUT2D eigenvalue weighted by Gasteiger charge is 2.53. The molecule has 5 heteroatoms. The van der Waals surface area contributed by atoms with E-state index in [2.05, 4.69) is 34.2 Å². The summed E-state index contributed by atoms with van der Waals surface area (Å²) in [5.74, 6) is 3.96. The van der Waals surface area contributed by atoms with Gasteiger partial charge in [-0.15, -0.1) is 0 Å². The number of nitrogens with zero attached hydrogens (tertiary/aromatic N) is 2. The van der Waals surface area contributed by atoms with E-state index in [-0.39, 0.29) is 5.91 Å². The summed E-state index contributed by atoms with van der Waals surface area (Å²) in [7, 11) is 0. The monoisotopic (exact) mass is 425 g/mol. The lowest BCUT2D eigenvalue weighted by Gasteiger charge is -2.59. The van der Waals surface area contributed by atoms with Gasteiger partial charge in [0.15, 0.2) is 0 Å². The van der Waals surface area contributed by atoms with E-state index in [1.54, 1.807) is 0 Å². The molecule has 31 heavy (non-hydrogen) atoms. The minimum atomic E-state index is 0.214. The molecule has 0 radical (unpaired) electrons. The van der Waals surface area contributed by atoms with E-state index in [0.717, 1.165) is 49.7 Å². The second-order valence-corrected chi connectivity index (χ2v) is 10.7. The molecule has 1 aromatic rings. The maximum atomic E-state index is 12.9. The van der Waals surface area contributed by atoms with Crippen molar-refractivity contribution in [2.24, 2.45) is 23.2 Å². The van der Waals surface area contributed by atoms with Crippen molar-refractivity contribution in [1.29, 1.82) is 0 Å². The van der Waals surface area contributed by atoms with Crippen LogP contribution in [0.2, 0.25) is 0 Å². The average Bonchev–Trinajstić information content (AvgIpc) is 2.74. The van der Waals surface area contributed by atoms with E-state index in [1.807, 2.05) is 19.1 Å². The molecule has 5 fully saturated rings. The summed E-state index contributed by atoms with van der Waals surface area (Å²) < 4.78 is 5.81. The first-order valence-electron chi connectivity index (χ1n) is 12.5. The minimum Gasteiger partial charge on any atom is -0.492 e. The fraction of sp³-hybridized carbons (Fsp3) is 0.731. The van der Waals surface area contributed by atoms with Gasteiger partial charge in [0.2, 0.25) is 5.91 Å². The summed E-state index contributed by atoms with van der Waals surface area (Å²) in [6, 6.07) is 8.60. The average molecular weight is 426 g/mol. The number of hydrogen-bond acceptors (Lipinski definition) is 4. The summed E-state index contributed by atoms with van der Waals surface area (Å²) in [4.78, 5) is 17.6. The first-order chi connectivity index (χ1) is 15.0. The molecule has 0 spiro atoms. The molecule has 5 aliphatic rings. The van der Waals surface area contributed by atoms with Gasteiger partial charge in [-0.2, -0.15) is 0 Å². The Morgan fingerprint density at radius 3 is 2.29 bits per heavy atom. The topological polar surface area (TPSA) is 44.8 Å². The lowest BCUT2D eigenvalue weighted by atomic mass is 9.48. The smallest absolute Gasteiger partial charge is 0.234 e. The molecular formula is C26H39N3O2. The van der Waals surface area contributed by atoms with Crippen LogP contribution in [0.3, 0.4) is 0 Å². The number of ether oxygens (including phenoxy) is 1. The van der Waals surface area contributed by atoms with Gasteiger partial charge in [0, 0.05) is 32.2 Å². The number of carbonyl (C=O) groups excluding carboxylic acids is 1. The molecule has 6 rings (SSSR count). The van der Waals surface area contributed by atoms with Crippen LogP contribution in [0.25, 0.3) is 0 Å². The molecule has 1 heterocycles. The predicted octanol–water partition coefficient (Wildman–Crippen LogP) is 3.93. The Morgan fingerprint density at radius 2 is 1.68 bits per heavy atom. The maximum absolute atomic E-state index is 12.9. The number of para-hydroxylation sites is 2. The van der Waals surface area contributed by atoms with Crippen LogP contribution in [-0.2, 0) is 4.79 Å². The molecule has 0 aromatic heterocycles. The number of nitrogens with one attached hydrogen (secondary N) is 1. The van der Waals surface area contributed by atoms with E-state index < -0.39 is 0 Å². The minimum absolute atomic E-state index is 0.214. The van der Waals surface area contributed by atoms with Gasteiger partial charge in [-0.1, -0.05) is 12.1 Å². The van der Waals surface area contributed by atoms with Gasteiger partial charge in [0.1, 0.15) is 5.75 Å². The van der Waals surface area contributed by atoms with Gasteiger partial charge in [0.25, 0.3) is 0 Å². The van der Waals surface area contributed by atoms with Gasteiger partial charge >= 0.3 is 0 Å². The summed E-state index contributed by atoms with van der Waals surface area (Å²) >= 11 is 0. The van der Waals surface area contributed by atoms with Crippen LogP contribution >= 0.6 is 0 Å². The van der Waals surface area contributed by atoms with E-state index in [1.165, 1.54) is 44.2 Å². The molecule has 4 aliphatic carbocycles. The lowest BCUT2D eigenvalue weighted by Crippen LogP contribution is -2.57. The van der Waals surface area contributed by atoms with Crippen LogP contribution < -0.4 is 15.0 Å². The van der Waals surface area contributed by atoms with E-state index in [0.29, 0.717) is 24.6 Å². The zero-order valence-electron chi connectivity index (χ0n) is 19.3. The summed E-state index contributed by atoms with van der Waals surface area (Å²) in [6.07, 6.45) is 8.40. The number of anilines is 1. The van der Waals surface area contributed by atoms with Crippen LogP contribution in [0.4, 0.5) is 5.69 Å². The van der Waals surface area contributed by atoms with Crippen LogP contribution in [0.15, 0.2) is 24.3 Å².